The van der Waals surface area contributed by atoms with E-state index in [1.54, 1.807) is 36.7 Å². The maximum atomic E-state index is 11.6. The van der Waals surface area contributed by atoms with E-state index >= 15 is 0 Å². The van der Waals surface area contributed by atoms with Crippen LogP contribution < -0.4 is 5.32 Å². The molecule has 2 heterocycles. The first-order valence-electron chi connectivity index (χ1n) is 7.44. The number of anilines is 2. The molecule has 0 atom stereocenters. The first kappa shape index (κ1) is 19.8. The van der Waals surface area contributed by atoms with Crippen molar-refractivity contribution < 1.29 is 8.42 Å². The summed E-state index contributed by atoms with van der Waals surface area (Å²) < 4.78 is 21.4. The van der Waals surface area contributed by atoms with Crippen LogP contribution in [0.2, 0.25) is 0 Å². The van der Waals surface area contributed by atoms with Crippen molar-refractivity contribution in [3.05, 3.63) is 54.6 Å². The Morgan fingerprint density at radius 3 is 2.11 bits per heavy atom. The van der Waals surface area contributed by atoms with Crippen molar-refractivity contribution in [2.24, 2.45) is 0 Å². The lowest BCUT2D eigenvalue weighted by atomic mass is 10.2. The fourth-order valence-corrected chi connectivity index (χ4v) is 2.99. The Balaban J connectivity index is 2.05. The summed E-state index contributed by atoms with van der Waals surface area (Å²) in [7, 11) is -3.32. The van der Waals surface area contributed by atoms with Crippen LogP contribution in [0.1, 0.15) is 5.82 Å². The Kier molecular flexibility index (Phi) is 5.53. The highest BCUT2D eigenvalue weighted by molar-refractivity contribution is 7.90. The number of nitrogens with zero attached hydrogens (tertiary/aromatic N) is 4. The summed E-state index contributed by atoms with van der Waals surface area (Å²) in [6.45, 7) is 0. The van der Waals surface area contributed by atoms with Gasteiger partial charge in [-0.2, -0.15) is 9.97 Å². The van der Waals surface area contributed by atoms with E-state index in [1.807, 2.05) is 0 Å². The first-order valence-corrected chi connectivity index (χ1v) is 10.5. The van der Waals surface area contributed by atoms with E-state index in [0.717, 1.165) is 6.26 Å². The van der Waals surface area contributed by atoms with Gasteiger partial charge in [-0.15, -0.1) is 0 Å². The van der Waals surface area contributed by atoms with Gasteiger partial charge < -0.3 is 5.32 Å². The van der Waals surface area contributed by atoms with Crippen LogP contribution in [0, 0.1) is 0 Å². The molecule has 0 aliphatic carbocycles. The largest absolute Gasteiger partial charge is 0.324 e. The van der Waals surface area contributed by atoms with Gasteiger partial charge in [-0.05, 0) is 36.4 Å². The van der Waals surface area contributed by atoms with Gasteiger partial charge in [0, 0.05) is 29.9 Å². The predicted molar refractivity (Wildman–Crippen MR) is 105 cm³/mol. The molecule has 0 amide bonds. The van der Waals surface area contributed by atoms with E-state index in [2.05, 4.69) is 25.3 Å². The van der Waals surface area contributed by atoms with Crippen molar-refractivity contribution in [2.75, 3.05) is 11.6 Å². The third-order valence-corrected chi connectivity index (χ3v) is 5.00. The highest BCUT2D eigenvalue weighted by Gasteiger charge is 2.28. The molecule has 0 fully saturated rings. The molecular formula is C16H12Cl3N5O2S. The molecule has 140 valence electrons. The molecule has 11 heteroatoms. The van der Waals surface area contributed by atoms with E-state index < -0.39 is 13.6 Å². The summed E-state index contributed by atoms with van der Waals surface area (Å²) in [5.74, 6) is 0.323. The second-order valence-corrected chi connectivity index (χ2v) is 9.76. The van der Waals surface area contributed by atoms with Gasteiger partial charge in [0.2, 0.25) is 9.74 Å². The maximum Gasteiger partial charge on any atom is 0.250 e. The molecule has 7 nitrogen and oxygen atoms in total. The van der Waals surface area contributed by atoms with Crippen molar-refractivity contribution in [3.63, 3.8) is 0 Å². The van der Waals surface area contributed by atoms with Gasteiger partial charge in [0.05, 0.1) is 4.90 Å². The standard InChI is InChI=1S/C16H12Cl3N5O2S/c1-27(25,26)12-4-2-10(3-5-12)13-22-14(16(17,18)19)24-15(23-13)21-11-6-8-20-9-7-11/h2-9H,1H3,(H,20,21,22,23,24). The summed E-state index contributed by atoms with van der Waals surface area (Å²) in [5.41, 5.74) is 1.22. The fraction of sp³-hybridized carbons (Fsp3) is 0.125. The number of pyridine rings is 1. The van der Waals surface area contributed by atoms with Crippen LogP contribution in [0.15, 0.2) is 53.7 Å². The van der Waals surface area contributed by atoms with Crippen LogP contribution >= 0.6 is 34.8 Å². The molecule has 0 radical (unpaired) electrons. The third kappa shape index (κ3) is 5.04. The Labute approximate surface area is 170 Å². The zero-order valence-electron chi connectivity index (χ0n) is 13.8. The summed E-state index contributed by atoms with van der Waals surface area (Å²) >= 11 is 17.8. The highest BCUT2D eigenvalue weighted by Crippen LogP contribution is 2.37. The Bertz CT molecular complexity index is 1060. The minimum atomic E-state index is -3.32. The van der Waals surface area contributed by atoms with E-state index in [-0.39, 0.29) is 22.5 Å². The number of sulfone groups is 1. The maximum absolute atomic E-state index is 11.6. The highest BCUT2D eigenvalue weighted by atomic mass is 35.6. The van der Waals surface area contributed by atoms with Crippen LogP contribution in [0.4, 0.5) is 11.6 Å². The number of hydrogen-bond donors (Lipinski definition) is 1. The lowest BCUT2D eigenvalue weighted by Crippen LogP contribution is -2.12. The number of rotatable bonds is 4. The number of aromatic nitrogens is 4. The van der Waals surface area contributed by atoms with Gasteiger partial charge in [-0.3, -0.25) is 4.98 Å². The zero-order chi connectivity index (χ0) is 19.7. The molecule has 0 aliphatic rings. The SMILES string of the molecule is CS(=O)(=O)c1ccc(-c2nc(Nc3ccncc3)nc(C(Cl)(Cl)Cl)n2)cc1. The molecule has 0 unspecified atom stereocenters. The molecule has 27 heavy (non-hydrogen) atoms. The van der Waals surface area contributed by atoms with E-state index in [0.29, 0.717) is 11.3 Å². The molecule has 0 bridgehead atoms. The van der Waals surface area contributed by atoms with Crippen molar-refractivity contribution in [1.29, 1.82) is 0 Å². The summed E-state index contributed by atoms with van der Waals surface area (Å²) in [6, 6.07) is 9.51. The van der Waals surface area contributed by atoms with Crippen molar-refractivity contribution in [3.8, 4) is 11.4 Å². The quantitative estimate of drug-likeness (QED) is 0.609. The molecule has 1 aromatic carbocycles. The molecule has 0 saturated carbocycles. The number of hydrogen-bond acceptors (Lipinski definition) is 7. The normalized spacial score (nSPS) is 12.0. The van der Waals surface area contributed by atoms with E-state index in [4.69, 9.17) is 34.8 Å². The van der Waals surface area contributed by atoms with Crippen LogP contribution in [-0.2, 0) is 13.6 Å². The Hall–Kier alpha value is -2.00. The molecular weight excluding hydrogens is 433 g/mol. The Morgan fingerprint density at radius 1 is 0.926 bits per heavy atom. The predicted octanol–water partition coefficient (Wildman–Crippen LogP) is 3.91. The lowest BCUT2D eigenvalue weighted by Gasteiger charge is -2.13. The molecule has 0 saturated heterocycles. The van der Waals surface area contributed by atoms with Gasteiger partial charge in [-0.25, -0.2) is 13.4 Å². The fourth-order valence-electron chi connectivity index (χ4n) is 2.10. The third-order valence-electron chi connectivity index (χ3n) is 3.37. The smallest absolute Gasteiger partial charge is 0.250 e. The summed E-state index contributed by atoms with van der Waals surface area (Å²) in [5, 5.41) is 2.99. The minimum absolute atomic E-state index is 0.0683. The summed E-state index contributed by atoms with van der Waals surface area (Å²) in [6.07, 6.45) is 4.33. The van der Waals surface area contributed by atoms with Gasteiger partial charge in [-0.1, -0.05) is 34.8 Å². The number of halogens is 3. The molecule has 3 aromatic rings. The second kappa shape index (κ2) is 7.55. The summed E-state index contributed by atoms with van der Waals surface area (Å²) in [4.78, 5) is 16.8. The van der Waals surface area contributed by atoms with Crippen molar-refractivity contribution >= 4 is 56.3 Å². The Morgan fingerprint density at radius 2 is 1.56 bits per heavy atom. The van der Waals surface area contributed by atoms with Crippen LogP contribution in [0.3, 0.4) is 0 Å². The van der Waals surface area contributed by atoms with Crippen LogP contribution in [-0.4, -0.2) is 34.6 Å². The van der Waals surface area contributed by atoms with Crippen LogP contribution in [0.25, 0.3) is 11.4 Å². The van der Waals surface area contributed by atoms with Gasteiger partial charge in [0.25, 0.3) is 0 Å². The van der Waals surface area contributed by atoms with Gasteiger partial charge in [0.15, 0.2) is 21.5 Å². The monoisotopic (exact) mass is 443 g/mol. The number of alkyl halides is 3. The number of nitrogens with one attached hydrogen (secondary N) is 1. The van der Waals surface area contributed by atoms with E-state index in [9.17, 15) is 8.42 Å². The second-order valence-electron chi connectivity index (χ2n) is 5.46. The molecule has 0 aliphatic heterocycles. The lowest BCUT2D eigenvalue weighted by molar-refractivity contribution is 0.602. The average Bonchev–Trinajstić information content (AvgIpc) is 2.61. The van der Waals surface area contributed by atoms with Gasteiger partial charge in [0.1, 0.15) is 0 Å². The van der Waals surface area contributed by atoms with Crippen molar-refractivity contribution in [2.45, 2.75) is 8.69 Å². The van der Waals surface area contributed by atoms with Crippen LogP contribution in [0.5, 0.6) is 0 Å². The number of benzene rings is 1. The van der Waals surface area contributed by atoms with Gasteiger partial charge >= 0.3 is 0 Å². The molecule has 3 rings (SSSR count). The first-order chi connectivity index (χ1) is 12.6. The van der Waals surface area contributed by atoms with Crippen molar-refractivity contribution in [1.82, 2.24) is 19.9 Å². The molecule has 1 N–H and O–H groups in total. The average molecular weight is 445 g/mol. The minimum Gasteiger partial charge on any atom is -0.324 e. The molecule has 0 spiro atoms. The topological polar surface area (TPSA) is 97.7 Å². The molecule has 2 aromatic heterocycles. The zero-order valence-corrected chi connectivity index (χ0v) is 16.9. The van der Waals surface area contributed by atoms with E-state index in [1.165, 1.54) is 12.1 Å².